The van der Waals surface area contributed by atoms with Crippen molar-refractivity contribution in [3.63, 3.8) is 0 Å². The number of ether oxygens (including phenoxy) is 1. The molecule has 0 bridgehead atoms. The molecule has 0 aromatic heterocycles. The van der Waals surface area contributed by atoms with Gasteiger partial charge in [-0.1, -0.05) is 35.9 Å². The maximum Gasteiger partial charge on any atom is 0.206 e. The molecule has 0 aliphatic carbocycles. The number of nitrogens with zero attached hydrogens (tertiary/aromatic N) is 1. The summed E-state index contributed by atoms with van der Waals surface area (Å²) in [6.07, 6.45) is 0.683. The first-order valence-corrected chi connectivity index (χ1v) is 6.57. The lowest BCUT2D eigenvalue weighted by atomic mass is 10.1. The Morgan fingerprint density at radius 2 is 1.95 bits per heavy atom. The molecule has 1 heterocycles. The molecule has 1 unspecified atom stereocenters. The number of likely N-dealkylation sites (N-methyl/N-ethyl adjacent to an activating group) is 1. The molecule has 4 heteroatoms. The van der Waals surface area contributed by atoms with E-state index in [0.717, 1.165) is 11.3 Å². The number of para-hydroxylation sites is 2. The number of rotatable bonds is 0. The van der Waals surface area contributed by atoms with Crippen molar-refractivity contribution in [1.29, 1.82) is 0 Å². The van der Waals surface area contributed by atoms with Crippen molar-refractivity contribution in [3.8, 4) is 11.5 Å². The molecule has 1 aliphatic rings. The van der Waals surface area contributed by atoms with Crippen LogP contribution >= 0.6 is 11.6 Å². The average molecular weight is 276 g/mol. The molecule has 3 nitrogen and oxygen atoms in total. The Balaban J connectivity index is 2.19. The van der Waals surface area contributed by atoms with E-state index in [0.29, 0.717) is 29.4 Å². The first kappa shape index (κ1) is 12.5. The molecule has 2 aromatic carbocycles. The minimum atomic E-state index is -0.482. The third-order valence-corrected chi connectivity index (χ3v) is 3.75. The summed E-state index contributed by atoms with van der Waals surface area (Å²) < 4.78 is 5.42. The Morgan fingerprint density at radius 1 is 1.16 bits per heavy atom. The Hall–Kier alpha value is -1.55. The first-order valence-electron chi connectivity index (χ1n) is 6.19. The molecule has 3 rings (SSSR count). The van der Waals surface area contributed by atoms with E-state index in [1.807, 2.05) is 24.3 Å². The summed E-state index contributed by atoms with van der Waals surface area (Å²) in [4.78, 5) is 0. The van der Waals surface area contributed by atoms with Crippen LogP contribution < -0.4 is 9.38 Å². The van der Waals surface area contributed by atoms with Crippen molar-refractivity contribution in [2.24, 2.45) is 0 Å². The van der Waals surface area contributed by atoms with Crippen LogP contribution in [-0.2, 0) is 6.42 Å². The maximum absolute atomic E-state index is 12.7. The second kappa shape index (κ2) is 4.53. The van der Waals surface area contributed by atoms with Crippen LogP contribution in [0.2, 0.25) is 5.02 Å². The fourth-order valence-electron chi connectivity index (χ4n) is 2.35. The minimum Gasteiger partial charge on any atom is -0.627 e. The van der Waals surface area contributed by atoms with Gasteiger partial charge in [-0.3, -0.25) is 0 Å². The third-order valence-electron chi connectivity index (χ3n) is 3.45. The fourth-order valence-corrected chi connectivity index (χ4v) is 2.55. The van der Waals surface area contributed by atoms with Gasteiger partial charge >= 0.3 is 0 Å². The molecule has 0 fully saturated rings. The van der Waals surface area contributed by atoms with Gasteiger partial charge < -0.3 is 14.6 Å². The lowest BCUT2D eigenvalue weighted by Crippen LogP contribution is -2.41. The van der Waals surface area contributed by atoms with Crippen molar-refractivity contribution in [3.05, 3.63) is 58.3 Å². The highest BCUT2D eigenvalue weighted by Crippen LogP contribution is 2.43. The average Bonchev–Trinajstić information content (AvgIpc) is 2.38. The quantitative estimate of drug-likeness (QED) is 0.535. The summed E-state index contributed by atoms with van der Waals surface area (Å²) in [5.74, 6) is 1.24. The fraction of sp³-hybridized carbons (Fsp3) is 0.200. The number of hydrogen-bond donors (Lipinski definition) is 0. The molecule has 19 heavy (non-hydrogen) atoms. The lowest BCUT2D eigenvalue weighted by molar-refractivity contribution is 0.394. The lowest BCUT2D eigenvalue weighted by Gasteiger charge is -2.40. The summed E-state index contributed by atoms with van der Waals surface area (Å²) in [6.45, 7) is 0.466. The molecule has 0 saturated heterocycles. The van der Waals surface area contributed by atoms with E-state index in [9.17, 15) is 5.21 Å². The summed E-state index contributed by atoms with van der Waals surface area (Å²) >= 11 is 6.19. The van der Waals surface area contributed by atoms with Gasteiger partial charge in [-0.25, -0.2) is 0 Å². The second-order valence-electron chi connectivity index (χ2n) is 4.87. The van der Waals surface area contributed by atoms with E-state index in [1.54, 1.807) is 25.2 Å². The zero-order valence-electron chi connectivity index (χ0n) is 10.6. The summed E-state index contributed by atoms with van der Waals surface area (Å²) in [7, 11) is 1.63. The molecular weight excluding hydrogens is 262 g/mol. The van der Waals surface area contributed by atoms with E-state index >= 15 is 0 Å². The van der Waals surface area contributed by atoms with Crippen LogP contribution in [0.1, 0.15) is 5.56 Å². The van der Waals surface area contributed by atoms with Gasteiger partial charge in [0.2, 0.25) is 5.75 Å². The largest absolute Gasteiger partial charge is 0.627 e. The van der Waals surface area contributed by atoms with Crippen molar-refractivity contribution in [2.45, 2.75) is 6.42 Å². The van der Waals surface area contributed by atoms with E-state index in [-0.39, 0.29) is 0 Å². The van der Waals surface area contributed by atoms with Crippen LogP contribution in [0.15, 0.2) is 42.5 Å². The monoisotopic (exact) mass is 275 g/mol. The van der Waals surface area contributed by atoms with Gasteiger partial charge in [0.05, 0.1) is 18.6 Å². The standard InChI is InChI=1S/C15H14ClNO2/c1-17(18)10-9-11-5-2-3-8-14(11)19-15-12(16)6-4-7-13(15)17/h2-8H,9-10H2,1H3. The SMILES string of the molecule is C[N+]1([O-])CCc2ccccc2Oc2c(Cl)cccc21. The molecule has 0 amide bonds. The van der Waals surface area contributed by atoms with Gasteiger partial charge in [-0.15, -0.1) is 0 Å². The summed E-state index contributed by atoms with van der Waals surface area (Å²) in [5, 5.41) is 13.1. The van der Waals surface area contributed by atoms with E-state index in [1.165, 1.54) is 0 Å². The number of halogens is 1. The van der Waals surface area contributed by atoms with Crippen molar-refractivity contribution in [2.75, 3.05) is 13.6 Å². The zero-order valence-corrected chi connectivity index (χ0v) is 11.4. The Morgan fingerprint density at radius 3 is 2.79 bits per heavy atom. The number of benzene rings is 2. The van der Waals surface area contributed by atoms with Gasteiger partial charge in [0.25, 0.3) is 0 Å². The molecule has 2 aromatic rings. The smallest absolute Gasteiger partial charge is 0.206 e. The summed E-state index contributed by atoms with van der Waals surface area (Å²) in [6, 6.07) is 13.1. The van der Waals surface area contributed by atoms with Gasteiger partial charge in [-0.2, -0.15) is 0 Å². The topological polar surface area (TPSA) is 32.3 Å². The molecular formula is C15H14ClNO2. The number of quaternary nitrogens is 1. The highest BCUT2D eigenvalue weighted by Gasteiger charge is 2.26. The highest BCUT2D eigenvalue weighted by atomic mass is 35.5. The Kier molecular flexibility index (Phi) is 2.97. The van der Waals surface area contributed by atoms with Crippen LogP contribution in [-0.4, -0.2) is 13.6 Å². The van der Waals surface area contributed by atoms with Crippen LogP contribution in [0.5, 0.6) is 11.5 Å². The highest BCUT2D eigenvalue weighted by molar-refractivity contribution is 6.32. The zero-order chi connectivity index (χ0) is 13.5. The molecule has 1 atom stereocenters. The maximum atomic E-state index is 12.7. The van der Waals surface area contributed by atoms with Crippen LogP contribution in [0.25, 0.3) is 0 Å². The molecule has 98 valence electrons. The van der Waals surface area contributed by atoms with Crippen molar-refractivity contribution in [1.82, 2.24) is 4.65 Å². The molecule has 0 radical (unpaired) electrons. The van der Waals surface area contributed by atoms with Crippen LogP contribution in [0.3, 0.4) is 0 Å². The van der Waals surface area contributed by atoms with E-state index in [2.05, 4.69) is 0 Å². The van der Waals surface area contributed by atoms with Gasteiger partial charge in [-0.05, 0) is 12.1 Å². The van der Waals surface area contributed by atoms with Gasteiger partial charge in [0.15, 0.2) is 5.69 Å². The molecule has 0 saturated carbocycles. The number of hydrogen-bond acceptors (Lipinski definition) is 2. The Bertz CT molecular complexity index is 625. The summed E-state index contributed by atoms with van der Waals surface area (Å²) in [5.41, 5.74) is 1.61. The number of fused-ring (bicyclic) bond motifs is 2. The van der Waals surface area contributed by atoms with Crippen molar-refractivity contribution >= 4 is 17.3 Å². The van der Waals surface area contributed by atoms with Gasteiger partial charge in [0.1, 0.15) is 5.75 Å². The predicted molar refractivity (Wildman–Crippen MR) is 77.6 cm³/mol. The second-order valence-corrected chi connectivity index (χ2v) is 5.28. The first-order chi connectivity index (χ1) is 9.08. The normalized spacial score (nSPS) is 21.6. The predicted octanol–water partition coefficient (Wildman–Crippen LogP) is 4.12. The third kappa shape index (κ3) is 2.21. The van der Waals surface area contributed by atoms with Crippen LogP contribution in [0.4, 0.5) is 5.69 Å². The van der Waals surface area contributed by atoms with Crippen molar-refractivity contribution < 1.29 is 4.74 Å². The van der Waals surface area contributed by atoms with E-state index in [4.69, 9.17) is 16.3 Å². The number of hydroxylamine groups is 2. The van der Waals surface area contributed by atoms with E-state index < -0.39 is 4.65 Å². The molecule has 1 aliphatic heterocycles. The molecule has 0 spiro atoms. The van der Waals surface area contributed by atoms with Crippen LogP contribution in [0, 0.1) is 5.21 Å². The molecule has 0 N–H and O–H groups in total. The Labute approximate surface area is 117 Å². The van der Waals surface area contributed by atoms with Gasteiger partial charge in [0, 0.05) is 18.1 Å². The minimum absolute atomic E-state index is 0.466.